The van der Waals surface area contributed by atoms with E-state index in [9.17, 15) is 9.18 Å². The predicted molar refractivity (Wildman–Crippen MR) is 138 cm³/mol. The molecule has 2 fully saturated rings. The van der Waals surface area contributed by atoms with Gasteiger partial charge in [-0.2, -0.15) is 0 Å². The summed E-state index contributed by atoms with van der Waals surface area (Å²) in [5.41, 5.74) is 1.27. The quantitative estimate of drug-likeness (QED) is 0.468. The molecule has 5 rings (SSSR count). The minimum Gasteiger partial charge on any atom is -0.493 e. The van der Waals surface area contributed by atoms with Gasteiger partial charge in [-0.3, -0.25) is 0 Å². The maximum Gasteiger partial charge on any atom is 0.317 e. The maximum absolute atomic E-state index is 13.6. The molecule has 2 aromatic carbocycles. The number of nitrogens with one attached hydrogen (secondary N) is 2. The summed E-state index contributed by atoms with van der Waals surface area (Å²) in [5.74, 6) is 1.21. The zero-order valence-electron chi connectivity index (χ0n) is 20.5. The topological polar surface area (TPSA) is 97.8 Å². The Morgan fingerprint density at radius 3 is 2.62 bits per heavy atom. The molecule has 2 N–H and O–H groups in total. The molecule has 0 unspecified atom stereocenters. The lowest BCUT2D eigenvalue weighted by atomic mass is 9.93. The average molecular weight is 530 g/mol. The number of halogens is 2. The number of morpholine rings is 1. The molecule has 1 aliphatic carbocycles. The fourth-order valence-electron chi connectivity index (χ4n) is 4.66. The van der Waals surface area contributed by atoms with Crippen LogP contribution in [0.3, 0.4) is 0 Å². The van der Waals surface area contributed by atoms with Crippen LogP contribution in [0.5, 0.6) is 11.5 Å². The Kier molecular flexibility index (Phi) is 7.76. The molecule has 1 saturated carbocycles. The van der Waals surface area contributed by atoms with Crippen LogP contribution < -0.4 is 20.1 Å². The van der Waals surface area contributed by atoms with Crippen molar-refractivity contribution >= 4 is 40.0 Å². The molecule has 2 heterocycles. The molecular formula is C26H29ClFN5O4. The largest absolute Gasteiger partial charge is 0.493 e. The average Bonchev–Trinajstić information content (AvgIpc) is 2.92. The van der Waals surface area contributed by atoms with Gasteiger partial charge in [0.05, 0.1) is 37.0 Å². The molecule has 1 aliphatic heterocycles. The van der Waals surface area contributed by atoms with E-state index >= 15 is 0 Å². The summed E-state index contributed by atoms with van der Waals surface area (Å²) in [5, 5.41) is 7.08. The van der Waals surface area contributed by atoms with E-state index in [2.05, 4.69) is 20.6 Å². The summed E-state index contributed by atoms with van der Waals surface area (Å²) in [6.45, 7) is 2.42. The van der Waals surface area contributed by atoms with E-state index in [1.54, 1.807) is 18.1 Å². The van der Waals surface area contributed by atoms with Gasteiger partial charge < -0.3 is 29.7 Å². The molecule has 0 radical (unpaired) electrons. The summed E-state index contributed by atoms with van der Waals surface area (Å²) < 4.78 is 30.9. The molecule has 3 aromatic rings. The minimum atomic E-state index is -0.490. The van der Waals surface area contributed by atoms with E-state index in [1.165, 1.54) is 18.5 Å². The third-order valence-electron chi connectivity index (χ3n) is 6.70. The number of hydrogen-bond donors (Lipinski definition) is 2. The second-order valence-corrected chi connectivity index (χ2v) is 9.54. The number of fused-ring (bicyclic) bond motifs is 1. The number of aromatic nitrogens is 2. The molecule has 0 spiro atoms. The summed E-state index contributed by atoms with van der Waals surface area (Å²) in [4.78, 5) is 23.0. The highest BCUT2D eigenvalue weighted by atomic mass is 35.5. The molecular weight excluding hydrogens is 501 g/mol. The van der Waals surface area contributed by atoms with Crippen molar-refractivity contribution in [2.75, 3.05) is 38.7 Å². The SMILES string of the molecule is COc1cc2ncnc(Nc3ccc(F)c(Cl)c3)c2cc1O[C@H]1CC[C@@H](NC(=O)N2CCOCC2)CC1. The normalized spacial score (nSPS) is 19.9. The molecule has 1 aromatic heterocycles. The third-order valence-corrected chi connectivity index (χ3v) is 6.99. The number of amides is 2. The zero-order chi connectivity index (χ0) is 25.8. The predicted octanol–water partition coefficient (Wildman–Crippen LogP) is 4.91. The number of anilines is 2. The van der Waals surface area contributed by atoms with Crippen LogP contribution in [0.4, 0.5) is 20.7 Å². The summed E-state index contributed by atoms with van der Waals surface area (Å²) in [6.07, 6.45) is 4.71. The Labute approximate surface area is 219 Å². The van der Waals surface area contributed by atoms with Crippen LogP contribution >= 0.6 is 11.6 Å². The number of carbonyl (C=O) groups excluding carboxylic acids is 1. The van der Waals surface area contributed by atoms with Crippen LogP contribution in [0.15, 0.2) is 36.7 Å². The monoisotopic (exact) mass is 529 g/mol. The van der Waals surface area contributed by atoms with Crippen molar-refractivity contribution in [3.05, 3.63) is 47.5 Å². The molecule has 37 heavy (non-hydrogen) atoms. The zero-order valence-corrected chi connectivity index (χ0v) is 21.3. The number of methoxy groups -OCH3 is 1. The van der Waals surface area contributed by atoms with Crippen LogP contribution in [0.1, 0.15) is 25.7 Å². The second kappa shape index (κ2) is 11.4. The standard InChI is InChI=1S/C26H29ClFN5O4/c1-35-23-14-22-19(25(30-15-29-22)31-17-4-7-21(28)20(27)12-17)13-24(23)37-18-5-2-16(3-6-18)32-26(34)33-8-10-36-11-9-33/h4,7,12-16,18H,2-3,5-6,8-11H2,1H3,(H,32,34)(H,29,30,31)/t16-,18+. The Morgan fingerprint density at radius 2 is 1.89 bits per heavy atom. The van der Waals surface area contributed by atoms with Gasteiger partial charge in [0.25, 0.3) is 0 Å². The minimum absolute atomic E-state index is 0.0140. The number of carbonyl (C=O) groups is 1. The van der Waals surface area contributed by atoms with E-state index < -0.39 is 5.82 Å². The van der Waals surface area contributed by atoms with Gasteiger partial charge in [-0.25, -0.2) is 19.2 Å². The Balaban J connectivity index is 1.27. The van der Waals surface area contributed by atoms with Gasteiger partial charge in [-0.1, -0.05) is 11.6 Å². The Hall–Kier alpha value is -3.37. The van der Waals surface area contributed by atoms with Crippen molar-refractivity contribution < 1.29 is 23.4 Å². The molecule has 0 atom stereocenters. The lowest BCUT2D eigenvalue weighted by Crippen LogP contribution is -2.50. The van der Waals surface area contributed by atoms with Gasteiger partial charge in [-0.05, 0) is 49.9 Å². The molecule has 2 amide bonds. The van der Waals surface area contributed by atoms with Gasteiger partial charge in [0.2, 0.25) is 0 Å². The molecule has 11 heteroatoms. The highest BCUT2D eigenvalue weighted by molar-refractivity contribution is 6.31. The molecule has 196 valence electrons. The van der Waals surface area contributed by atoms with Crippen molar-refractivity contribution in [3.8, 4) is 11.5 Å². The van der Waals surface area contributed by atoms with E-state index in [-0.39, 0.29) is 23.2 Å². The molecule has 9 nitrogen and oxygen atoms in total. The lowest BCUT2D eigenvalue weighted by molar-refractivity contribution is 0.0514. The van der Waals surface area contributed by atoms with Gasteiger partial charge in [0.15, 0.2) is 11.5 Å². The van der Waals surface area contributed by atoms with Crippen LogP contribution in [0.2, 0.25) is 5.02 Å². The Morgan fingerprint density at radius 1 is 1.11 bits per heavy atom. The summed E-state index contributed by atoms with van der Waals surface area (Å²) >= 11 is 5.93. The van der Waals surface area contributed by atoms with E-state index in [0.717, 1.165) is 31.1 Å². The fraction of sp³-hybridized carbons (Fsp3) is 0.423. The van der Waals surface area contributed by atoms with Gasteiger partial charge >= 0.3 is 6.03 Å². The second-order valence-electron chi connectivity index (χ2n) is 9.14. The van der Waals surface area contributed by atoms with Crippen molar-refractivity contribution in [2.45, 2.75) is 37.8 Å². The molecule has 2 aliphatic rings. The summed E-state index contributed by atoms with van der Waals surface area (Å²) in [7, 11) is 1.59. The number of ether oxygens (including phenoxy) is 3. The first-order valence-electron chi connectivity index (χ1n) is 12.3. The van der Waals surface area contributed by atoms with E-state index in [4.69, 9.17) is 25.8 Å². The van der Waals surface area contributed by atoms with Gasteiger partial charge in [0, 0.05) is 36.3 Å². The highest BCUT2D eigenvalue weighted by Crippen LogP contribution is 2.37. The Bertz CT molecular complexity index is 1270. The van der Waals surface area contributed by atoms with Gasteiger partial charge in [0.1, 0.15) is 18.0 Å². The van der Waals surface area contributed by atoms with Crippen molar-refractivity contribution in [1.82, 2.24) is 20.2 Å². The number of rotatable bonds is 6. The number of hydrogen-bond acceptors (Lipinski definition) is 7. The smallest absolute Gasteiger partial charge is 0.317 e. The van der Waals surface area contributed by atoms with Crippen LogP contribution in [-0.2, 0) is 4.74 Å². The van der Waals surface area contributed by atoms with Crippen molar-refractivity contribution in [3.63, 3.8) is 0 Å². The lowest BCUT2D eigenvalue weighted by Gasteiger charge is -2.33. The first-order chi connectivity index (χ1) is 18.0. The van der Waals surface area contributed by atoms with E-state index in [1.807, 2.05) is 12.1 Å². The van der Waals surface area contributed by atoms with Crippen LogP contribution in [0.25, 0.3) is 10.9 Å². The third kappa shape index (κ3) is 5.97. The van der Waals surface area contributed by atoms with Crippen LogP contribution in [-0.4, -0.2) is 66.5 Å². The molecule has 1 saturated heterocycles. The van der Waals surface area contributed by atoms with Crippen LogP contribution in [0, 0.1) is 5.82 Å². The van der Waals surface area contributed by atoms with Crippen molar-refractivity contribution in [2.24, 2.45) is 0 Å². The van der Waals surface area contributed by atoms with Gasteiger partial charge in [-0.15, -0.1) is 0 Å². The van der Waals surface area contributed by atoms with E-state index in [0.29, 0.717) is 54.8 Å². The first-order valence-corrected chi connectivity index (χ1v) is 12.7. The first kappa shape index (κ1) is 25.3. The molecule has 0 bridgehead atoms. The number of nitrogens with zero attached hydrogens (tertiary/aromatic N) is 3. The van der Waals surface area contributed by atoms with Crippen molar-refractivity contribution in [1.29, 1.82) is 0 Å². The number of benzene rings is 2. The number of urea groups is 1. The fourth-order valence-corrected chi connectivity index (χ4v) is 4.84. The highest BCUT2D eigenvalue weighted by Gasteiger charge is 2.27. The summed E-state index contributed by atoms with van der Waals surface area (Å²) in [6, 6.07) is 8.16. The maximum atomic E-state index is 13.6.